The van der Waals surface area contributed by atoms with Crippen LogP contribution in [0.4, 0.5) is 11.5 Å². The number of thiophene rings is 1. The van der Waals surface area contributed by atoms with Crippen molar-refractivity contribution >= 4 is 33.1 Å². The van der Waals surface area contributed by atoms with Gasteiger partial charge in [0.15, 0.2) is 0 Å². The normalized spacial score (nSPS) is 16.6. The molecule has 1 aromatic carbocycles. The predicted molar refractivity (Wildman–Crippen MR) is 116 cm³/mol. The number of ether oxygens (including phenoxy) is 1. The van der Waals surface area contributed by atoms with Crippen molar-refractivity contribution in [1.29, 1.82) is 0 Å². The molecule has 5 nitrogen and oxygen atoms in total. The van der Waals surface area contributed by atoms with Gasteiger partial charge in [-0.3, -0.25) is 0 Å². The molecule has 1 aliphatic heterocycles. The first-order chi connectivity index (χ1) is 13.7. The highest BCUT2D eigenvalue weighted by atomic mass is 32.1. The van der Waals surface area contributed by atoms with E-state index < -0.39 is 0 Å². The van der Waals surface area contributed by atoms with Crippen LogP contribution in [0.25, 0.3) is 10.2 Å². The number of aromatic nitrogens is 2. The highest BCUT2D eigenvalue weighted by molar-refractivity contribution is 7.19. The van der Waals surface area contributed by atoms with Gasteiger partial charge in [0.25, 0.3) is 0 Å². The van der Waals surface area contributed by atoms with Crippen LogP contribution in [0.1, 0.15) is 29.6 Å². The number of aryl methyl sites for hydroxylation is 3. The molecule has 0 atom stereocenters. The molecule has 1 aliphatic carbocycles. The van der Waals surface area contributed by atoms with Crippen LogP contribution in [0.2, 0.25) is 0 Å². The predicted octanol–water partition coefficient (Wildman–Crippen LogP) is 4.21. The monoisotopic (exact) mass is 394 g/mol. The molecular formula is C22H26N4OS. The fraction of sp³-hybridized carbons (Fsp3) is 0.455. The van der Waals surface area contributed by atoms with Gasteiger partial charge in [-0.15, -0.1) is 11.3 Å². The van der Waals surface area contributed by atoms with Crippen LogP contribution >= 0.6 is 11.3 Å². The van der Waals surface area contributed by atoms with Crippen molar-refractivity contribution in [3.63, 3.8) is 0 Å². The molecular weight excluding hydrogens is 368 g/mol. The molecule has 2 aliphatic rings. The van der Waals surface area contributed by atoms with Crippen LogP contribution in [0.3, 0.4) is 0 Å². The van der Waals surface area contributed by atoms with Gasteiger partial charge in [0.1, 0.15) is 22.2 Å². The number of piperazine rings is 1. The van der Waals surface area contributed by atoms with E-state index in [0.717, 1.165) is 43.6 Å². The fourth-order valence-electron chi connectivity index (χ4n) is 4.46. The zero-order chi connectivity index (χ0) is 19.1. The average molecular weight is 395 g/mol. The summed E-state index contributed by atoms with van der Waals surface area (Å²) in [6, 6.07) is 8.37. The van der Waals surface area contributed by atoms with Crippen LogP contribution in [0.15, 0.2) is 24.3 Å². The van der Waals surface area contributed by atoms with Crippen LogP contribution < -0.4 is 14.5 Å². The Morgan fingerprint density at radius 2 is 1.82 bits per heavy atom. The van der Waals surface area contributed by atoms with Crippen LogP contribution in [0.5, 0.6) is 5.75 Å². The smallest absolute Gasteiger partial charge is 0.142 e. The van der Waals surface area contributed by atoms with E-state index in [1.165, 1.54) is 45.6 Å². The van der Waals surface area contributed by atoms with Crippen molar-refractivity contribution in [2.45, 2.75) is 33.1 Å². The summed E-state index contributed by atoms with van der Waals surface area (Å²) in [7, 11) is 0. The van der Waals surface area contributed by atoms with Crippen molar-refractivity contribution in [3.05, 3.63) is 40.5 Å². The molecule has 1 fully saturated rings. The Bertz CT molecular complexity index is 1010. The lowest BCUT2D eigenvalue weighted by Gasteiger charge is -2.37. The molecule has 3 heterocycles. The molecule has 3 aromatic rings. The molecule has 146 valence electrons. The number of fused-ring (bicyclic) bond motifs is 3. The number of hydrogen-bond donors (Lipinski definition) is 0. The van der Waals surface area contributed by atoms with Crippen LogP contribution in [-0.2, 0) is 12.8 Å². The Hall–Kier alpha value is -2.34. The first kappa shape index (κ1) is 17.7. The van der Waals surface area contributed by atoms with Gasteiger partial charge in [-0.2, -0.15) is 0 Å². The maximum atomic E-state index is 5.84. The minimum atomic E-state index is 0.693. The Kier molecular flexibility index (Phi) is 4.59. The molecule has 2 aromatic heterocycles. The number of nitrogens with zero attached hydrogens (tertiary/aromatic N) is 4. The largest absolute Gasteiger partial charge is 0.492 e. The van der Waals surface area contributed by atoms with E-state index in [1.807, 2.05) is 31.3 Å². The third-order valence-corrected chi connectivity index (χ3v) is 6.93. The van der Waals surface area contributed by atoms with E-state index in [1.54, 1.807) is 0 Å². The highest BCUT2D eigenvalue weighted by Crippen LogP contribution is 2.41. The highest BCUT2D eigenvalue weighted by Gasteiger charge is 2.27. The molecule has 0 N–H and O–H groups in total. The Morgan fingerprint density at radius 1 is 1.04 bits per heavy atom. The molecule has 6 heteroatoms. The first-order valence-corrected chi connectivity index (χ1v) is 11.1. The standard InChI is InChI=1S/C22H26N4OS/c1-3-27-18-9-5-4-8-17(18)25-11-13-26(14-12-25)21-20-16-7-6-10-19(16)28-22(20)24-15(2)23-21/h4-5,8-9H,3,6-7,10-14H2,1-2H3. The third-order valence-electron chi connectivity index (χ3n) is 5.74. The number of hydrogen-bond acceptors (Lipinski definition) is 6. The summed E-state index contributed by atoms with van der Waals surface area (Å²) in [6.07, 6.45) is 3.65. The lowest BCUT2D eigenvalue weighted by Crippen LogP contribution is -2.47. The van der Waals surface area contributed by atoms with Crippen molar-refractivity contribution in [2.75, 3.05) is 42.6 Å². The van der Waals surface area contributed by atoms with Gasteiger partial charge in [-0.1, -0.05) is 12.1 Å². The van der Waals surface area contributed by atoms with Gasteiger partial charge in [0, 0.05) is 31.1 Å². The van der Waals surface area contributed by atoms with Gasteiger partial charge in [0.2, 0.25) is 0 Å². The fourth-order valence-corrected chi connectivity index (χ4v) is 5.77. The van der Waals surface area contributed by atoms with Crippen LogP contribution in [0, 0.1) is 6.92 Å². The second-order valence-electron chi connectivity index (χ2n) is 7.51. The molecule has 0 radical (unpaired) electrons. The van der Waals surface area contributed by atoms with Gasteiger partial charge in [0.05, 0.1) is 17.7 Å². The van der Waals surface area contributed by atoms with Crippen molar-refractivity contribution in [2.24, 2.45) is 0 Å². The second kappa shape index (κ2) is 7.24. The number of para-hydroxylation sites is 2. The topological polar surface area (TPSA) is 41.5 Å². The van der Waals surface area contributed by atoms with Gasteiger partial charge in [-0.25, -0.2) is 9.97 Å². The molecule has 1 saturated heterocycles. The average Bonchev–Trinajstić information content (AvgIpc) is 3.29. The quantitative estimate of drug-likeness (QED) is 0.663. The number of rotatable bonds is 4. The summed E-state index contributed by atoms with van der Waals surface area (Å²) in [6.45, 7) is 8.63. The summed E-state index contributed by atoms with van der Waals surface area (Å²) in [5.74, 6) is 3.01. The lowest BCUT2D eigenvalue weighted by atomic mass is 10.1. The van der Waals surface area contributed by atoms with E-state index in [0.29, 0.717) is 6.61 Å². The van der Waals surface area contributed by atoms with E-state index in [4.69, 9.17) is 14.7 Å². The number of benzene rings is 1. The molecule has 5 rings (SSSR count). The maximum Gasteiger partial charge on any atom is 0.142 e. The summed E-state index contributed by atoms with van der Waals surface area (Å²) in [5.41, 5.74) is 2.71. The third kappa shape index (κ3) is 3.00. The lowest BCUT2D eigenvalue weighted by molar-refractivity contribution is 0.340. The molecule has 0 saturated carbocycles. The van der Waals surface area contributed by atoms with E-state index in [-0.39, 0.29) is 0 Å². The molecule has 0 bridgehead atoms. The minimum Gasteiger partial charge on any atom is -0.492 e. The van der Waals surface area contributed by atoms with Gasteiger partial charge < -0.3 is 14.5 Å². The Labute approximate surface area is 170 Å². The first-order valence-electron chi connectivity index (χ1n) is 10.2. The van der Waals surface area contributed by atoms with Crippen molar-refractivity contribution < 1.29 is 4.74 Å². The van der Waals surface area contributed by atoms with E-state index >= 15 is 0 Å². The van der Waals surface area contributed by atoms with Crippen molar-refractivity contribution in [3.8, 4) is 5.75 Å². The van der Waals surface area contributed by atoms with Crippen LogP contribution in [-0.4, -0.2) is 42.8 Å². The Balaban J connectivity index is 1.42. The maximum absolute atomic E-state index is 5.84. The van der Waals surface area contributed by atoms with E-state index in [9.17, 15) is 0 Å². The molecule has 28 heavy (non-hydrogen) atoms. The zero-order valence-electron chi connectivity index (χ0n) is 16.6. The number of anilines is 2. The van der Waals surface area contributed by atoms with E-state index in [2.05, 4.69) is 28.0 Å². The molecule has 0 unspecified atom stereocenters. The van der Waals surface area contributed by atoms with Crippen molar-refractivity contribution in [1.82, 2.24) is 9.97 Å². The van der Waals surface area contributed by atoms with Gasteiger partial charge in [-0.05, 0) is 50.8 Å². The second-order valence-corrected chi connectivity index (χ2v) is 8.59. The Morgan fingerprint density at radius 3 is 2.64 bits per heavy atom. The minimum absolute atomic E-state index is 0.693. The molecule has 0 amide bonds. The molecule has 0 spiro atoms. The summed E-state index contributed by atoms with van der Waals surface area (Å²) in [5, 5.41) is 1.33. The summed E-state index contributed by atoms with van der Waals surface area (Å²) in [4.78, 5) is 17.2. The summed E-state index contributed by atoms with van der Waals surface area (Å²) >= 11 is 1.88. The summed E-state index contributed by atoms with van der Waals surface area (Å²) < 4.78 is 5.84. The zero-order valence-corrected chi connectivity index (χ0v) is 17.4. The SMILES string of the molecule is CCOc1ccccc1N1CCN(c2nc(C)nc3sc4c(c23)CCC4)CC1. The van der Waals surface area contributed by atoms with Gasteiger partial charge >= 0.3 is 0 Å².